The van der Waals surface area contributed by atoms with Gasteiger partial charge in [0.1, 0.15) is 0 Å². The molecule has 1 aliphatic heterocycles. The molecular weight excluding hydrogens is 384 g/mol. The Balaban J connectivity index is 1.21. The highest BCUT2D eigenvalue weighted by Gasteiger charge is 2.15. The first-order chi connectivity index (χ1) is 14.7. The van der Waals surface area contributed by atoms with E-state index in [1.54, 1.807) is 18.4 Å². The lowest BCUT2D eigenvalue weighted by Gasteiger charge is -2.12. The second kappa shape index (κ2) is 7.99. The smallest absolute Gasteiger partial charge is 0.259 e. The first-order valence-corrected chi connectivity index (χ1v) is 9.86. The van der Waals surface area contributed by atoms with Crippen LogP contribution in [0.25, 0.3) is 17.4 Å². The van der Waals surface area contributed by atoms with Crippen LogP contribution in [-0.2, 0) is 11.2 Å². The van der Waals surface area contributed by atoms with Gasteiger partial charge in [-0.3, -0.25) is 0 Å². The van der Waals surface area contributed by atoms with Crippen LogP contribution in [0.2, 0.25) is 0 Å². The lowest BCUT2D eigenvalue weighted by molar-refractivity contribution is 0.195. The van der Waals surface area contributed by atoms with E-state index >= 15 is 0 Å². The molecule has 1 atom stereocenters. The average Bonchev–Trinajstić information content (AvgIpc) is 3.51. The fourth-order valence-electron chi connectivity index (χ4n) is 3.37. The monoisotopic (exact) mass is 406 g/mol. The zero-order valence-corrected chi connectivity index (χ0v) is 16.3. The van der Waals surface area contributed by atoms with Crippen molar-refractivity contribution in [2.75, 3.05) is 36.1 Å². The summed E-state index contributed by atoms with van der Waals surface area (Å²) in [5.74, 6) is 1.95. The molecule has 0 saturated carbocycles. The van der Waals surface area contributed by atoms with Gasteiger partial charge in [-0.1, -0.05) is 12.1 Å². The molecule has 5 rings (SSSR count). The van der Waals surface area contributed by atoms with E-state index < -0.39 is 0 Å². The number of aromatic nitrogens is 5. The fourth-order valence-corrected chi connectivity index (χ4v) is 3.37. The number of nitrogens with one attached hydrogen (secondary N) is 2. The van der Waals surface area contributed by atoms with Crippen molar-refractivity contribution in [3.05, 3.63) is 48.2 Å². The number of furan rings is 1. The Morgan fingerprint density at radius 2 is 2.03 bits per heavy atom. The van der Waals surface area contributed by atoms with Gasteiger partial charge < -0.3 is 25.5 Å². The molecule has 1 fully saturated rings. The first-order valence-electron chi connectivity index (χ1n) is 9.86. The fraction of sp³-hybridized carbons (Fsp3) is 0.300. The quantitative estimate of drug-likeness (QED) is 0.423. The maximum Gasteiger partial charge on any atom is 0.259 e. The number of fused-ring (bicyclic) bond motifs is 1. The van der Waals surface area contributed by atoms with Crippen LogP contribution in [0.5, 0.6) is 0 Å². The maximum atomic E-state index is 6.01. The molecule has 3 aromatic heterocycles. The predicted octanol–water partition coefficient (Wildman–Crippen LogP) is 2.22. The summed E-state index contributed by atoms with van der Waals surface area (Å²) >= 11 is 0. The first kappa shape index (κ1) is 18.4. The van der Waals surface area contributed by atoms with Crippen molar-refractivity contribution < 1.29 is 9.15 Å². The molecule has 4 heterocycles. The van der Waals surface area contributed by atoms with Gasteiger partial charge in [-0.25, -0.2) is 0 Å². The van der Waals surface area contributed by atoms with Crippen LogP contribution in [0, 0.1) is 0 Å². The molecule has 0 bridgehead atoms. The highest BCUT2D eigenvalue weighted by molar-refractivity contribution is 5.52. The number of anilines is 3. The summed E-state index contributed by atoms with van der Waals surface area (Å²) in [4.78, 5) is 13.0. The molecule has 1 aliphatic rings. The molecule has 1 unspecified atom stereocenters. The van der Waals surface area contributed by atoms with E-state index in [4.69, 9.17) is 14.9 Å². The SMILES string of the molecule is Nc1nc(NCCc2ccc(NC3CCOC3)cc2)nc2nc(-c3ccco3)nn12. The van der Waals surface area contributed by atoms with Crippen molar-refractivity contribution in [2.24, 2.45) is 0 Å². The molecule has 10 heteroatoms. The summed E-state index contributed by atoms with van der Waals surface area (Å²) in [7, 11) is 0. The highest BCUT2D eigenvalue weighted by Crippen LogP contribution is 2.18. The third kappa shape index (κ3) is 3.90. The number of nitrogens with zero attached hydrogens (tertiary/aromatic N) is 5. The molecule has 0 aliphatic carbocycles. The van der Waals surface area contributed by atoms with Crippen LogP contribution in [-0.4, -0.2) is 50.4 Å². The van der Waals surface area contributed by atoms with Gasteiger partial charge in [-0.2, -0.15) is 19.5 Å². The Labute approximate surface area is 172 Å². The minimum atomic E-state index is 0.208. The Morgan fingerprint density at radius 3 is 2.80 bits per heavy atom. The summed E-state index contributed by atoms with van der Waals surface area (Å²) in [6, 6.07) is 12.4. The molecule has 30 heavy (non-hydrogen) atoms. The van der Waals surface area contributed by atoms with Crippen LogP contribution in [0.4, 0.5) is 17.6 Å². The third-order valence-corrected chi connectivity index (χ3v) is 4.93. The van der Waals surface area contributed by atoms with E-state index in [9.17, 15) is 0 Å². The number of benzene rings is 1. The molecule has 10 nitrogen and oxygen atoms in total. The number of hydrogen-bond donors (Lipinski definition) is 3. The number of hydrogen-bond acceptors (Lipinski definition) is 9. The van der Waals surface area contributed by atoms with E-state index in [0.29, 0.717) is 35.9 Å². The summed E-state index contributed by atoms with van der Waals surface area (Å²) < 4.78 is 12.1. The van der Waals surface area contributed by atoms with Crippen molar-refractivity contribution in [1.29, 1.82) is 0 Å². The zero-order valence-electron chi connectivity index (χ0n) is 16.3. The zero-order chi connectivity index (χ0) is 20.3. The van der Waals surface area contributed by atoms with Gasteiger partial charge >= 0.3 is 0 Å². The van der Waals surface area contributed by atoms with Crippen LogP contribution in [0.15, 0.2) is 47.1 Å². The molecule has 154 valence electrons. The van der Waals surface area contributed by atoms with E-state index in [2.05, 4.69) is 54.9 Å². The lowest BCUT2D eigenvalue weighted by Crippen LogP contribution is -2.18. The van der Waals surface area contributed by atoms with Gasteiger partial charge in [-0.05, 0) is 42.7 Å². The van der Waals surface area contributed by atoms with Gasteiger partial charge in [0.25, 0.3) is 5.78 Å². The average molecular weight is 406 g/mol. The Bertz CT molecular complexity index is 1120. The maximum absolute atomic E-state index is 6.01. The van der Waals surface area contributed by atoms with Crippen LogP contribution in [0.3, 0.4) is 0 Å². The van der Waals surface area contributed by atoms with Gasteiger partial charge in [0.05, 0.1) is 18.9 Å². The summed E-state index contributed by atoms with van der Waals surface area (Å²) in [6.45, 7) is 2.27. The number of nitrogen functional groups attached to an aromatic ring is 1. The Kier molecular flexibility index (Phi) is 4.89. The van der Waals surface area contributed by atoms with Crippen molar-refractivity contribution in [3.63, 3.8) is 0 Å². The van der Waals surface area contributed by atoms with Gasteiger partial charge in [0, 0.05) is 18.8 Å². The molecule has 1 aromatic carbocycles. The predicted molar refractivity (Wildman–Crippen MR) is 112 cm³/mol. The van der Waals surface area contributed by atoms with Crippen molar-refractivity contribution in [3.8, 4) is 11.6 Å². The van der Waals surface area contributed by atoms with Crippen LogP contribution < -0.4 is 16.4 Å². The highest BCUT2D eigenvalue weighted by atomic mass is 16.5. The van der Waals surface area contributed by atoms with Crippen LogP contribution >= 0.6 is 0 Å². The van der Waals surface area contributed by atoms with Crippen molar-refractivity contribution in [2.45, 2.75) is 18.9 Å². The molecule has 4 N–H and O–H groups in total. The van der Waals surface area contributed by atoms with E-state index in [-0.39, 0.29) is 5.95 Å². The number of rotatable bonds is 7. The molecule has 0 spiro atoms. The van der Waals surface area contributed by atoms with Gasteiger partial charge in [0.15, 0.2) is 5.76 Å². The minimum absolute atomic E-state index is 0.208. The molecule has 0 amide bonds. The Hall–Kier alpha value is -3.66. The lowest BCUT2D eigenvalue weighted by atomic mass is 10.1. The van der Waals surface area contributed by atoms with E-state index in [0.717, 1.165) is 31.7 Å². The van der Waals surface area contributed by atoms with Crippen molar-refractivity contribution >= 4 is 23.4 Å². The second-order valence-corrected chi connectivity index (χ2v) is 7.11. The third-order valence-electron chi connectivity index (χ3n) is 4.93. The number of ether oxygens (including phenoxy) is 1. The molecular formula is C20H22N8O2. The summed E-state index contributed by atoms with van der Waals surface area (Å²) in [5, 5.41) is 11.0. The van der Waals surface area contributed by atoms with Gasteiger partial charge in [0.2, 0.25) is 17.7 Å². The summed E-state index contributed by atoms with van der Waals surface area (Å²) in [5.41, 5.74) is 8.34. The minimum Gasteiger partial charge on any atom is -0.461 e. The largest absolute Gasteiger partial charge is 0.461 e. The summed E-state index contributed by atoms with van der Waals surface area (Å²) in [6.07, 6.45) is 3.44. The second-order valence-electron chi connectivity index (χ2n) is 7.11. The Morgan fingerprint density at radius 1 is 1.13 bits per heavy atom. The van der Waals surface area contributed by atoms with E-state index in [1.165, 1.54) is 10.1 Å². The van der Waals surface area contributed by atoms with E-state index in [1.807, 2.05) is 0 Å². The van der Waals surface area contributed by atoms with Crippen molar-refractivity contribution in [1.82, 2.24) is 24.6 Å². The molecule has 1 saturated heterocycles. The standard InChI is InChI=1S/C20H22N8O2/c21-18-25-19(26-20-24-17(27-28(18)20)16-2-1-10-30-16)22-9-7-13-3-5-14(6-4-13)23-15-8-11-29-12-15/h1-6,10,15,23H,7-9,11-12H2,(H3,21,22,24,25,26,27). The topological polar surface area (TPSA) is 128 Å². The molecule has 0 radical (unpaired) electrons. The number of nitrogens with two attached hydrogens (primary N) is 1. The molecule has 4 aromatic rings. The van der Waals surface area contributed by atoms with Crippen LogP contribution in [0.1, 0.15) is 12.0 Å². The normalized spacial score (nSPS) is 16.2. The van der Waals surface area contributed by atoms with Gasteiger partial charge in [-0.15, -0.1) is 5.10 Å².